The lowest BCUT2D eigenvalue weighted by atomic mass is 9.80. The lowest BCUT2D eigenvalue weighted by molar-refractivity contribution is 0.0997. The van der Waals surface area contributed by atoms with Gasteiger partial charge in [0.05, 0.1) is 5.56 Å². The van der Waals surface area contributed by atoms with E-state index in [4.69, 9.17) is 5.73 Å². The Morgan fingerprint density at radius 2 is 2.00 bits per heavy atom. The molecule has 1 fully saturated rings. The summed E-state index contributed by atoms with van der Waals surface area (Å²) in [6.07, 6.45) is 9.10. The van der Waals surface area contributed by atoms with Crippen molar-refractivity contribution >= 4 is 5.91 Å². The van der Waals surface area contributed by atoms with Crippen LogP contribution >= 0.6 is 0 Å². The Morgan fingerprint density at radius 1 is 1.30 bits per heavy atom. The number of benzene rings is 1. The van der Waals surface area contributed by atoms with E-state index in [1.165, 1.54) is 24.8 Å². The van der Waals surface area contributed by atoms with Crippen molar-refractivity contribution in [3.8, 4) is 5.75 Å². The predicted octanol–water partition coefficient (Wildman–Crippen LogP) is 3.88. The SMILES string of the molecule is CCCCc1ccc(C(N)=O)c(O)c1C1CCCCC1. The van der Waals surface area contributed by atoms with Crippen LogP contribution in [0, 0.1) is 0 Å². The Kier molecular flexibility index (Phi) is 5.05. The third-order valence-electron chi connectivity index (χ3n) is 4.39. The number of primary amides is 1. The van der Waals surface area contributed by atoms with Crippen LogP contribution in [0.1, 0.15) is 79.3 Å². The molecule has 1 aliphatic rings. The molecule has 0 heterocycles. The number of aryl methyl sites for hydroxylation is 1. The molecule has 0 aliphatic heterocycles. The van der Waals surface area contributed by atoms with Gasteiger partial charge in [-0.15, -0.1) is 0 Å². The molecule has 1 aromatic rings. The van der Waals surface area contributed by atoms with Crippen LogP contribution in [-0.4, -0.2) is 11.0 Å². The zero-order chi connectivity index (χ0) is 14.5. The molecule has 0 spiro atoms. The Morgan fingerprint density at radius 3 is 2.60 bits per heavy atom. The number of hydrogen-bond donors (Lipinski definition) is 2. The Bertz CT molecular complexity index is 476. The number of nitrogens with two attached hydrogens (primary N) is 1. The topological polar surface area (TPSA) is 63.3 Å². The van der Waals surface area contributed by atoms with E-state index in [2.05, 4.69) is 6.92 Å². The lowest BCUT2D eigenvalue weighted by Crippen LogP contribution is -2.15. The number of unbranched alkanes of at least 4 members (excludes halogenated alkanes) is 1. The number of aromatic hydroxyl groups is 1. The third-order valence-corrected chi connectivity index (χ3v) is 4.39. The van der Waals surface area contributed by atoms with E-state index in [0.29, 0.717) is 5.92 Å². The van der Waals surface area contributed by atoms with Gasteiger partial charge < -0.3 is 10.8 Å². The van der Waals surface area contributed by atoms with Crippen molar-refractivity contribution in [3.05, 3.63) is 28.8 Å². The van der Waals surface area contributed by atoms with Crippen molar-refractivity contribution in [2.24, 2.45) is 5.73 Å². The zero-order valence-corrected chi connectivity index (χ0v) is 12.3. The smallest absolute Gasteiger partial charge is 0.252 e. The van der Waals surface area contributed by atoms with Crippen molar-refractivity contribution in [1.29, 1.82) is 0 Å². The number of amides is 1. The average molecular weight is 275 g/mol. The zero-order valence-electron chi connectivity index (χ0n) is 12.3. The molecule has 0 atom stereocenters. The molecule has 20 heavy (non-hydrogen) atoms. The molecule has 1 amide bonds. The number of rotatable bonds is 5. The minimum absolute atomic E-state index is 0.137. The lowest BCUT2D eigenvalue weighted by Gasteiger charge is -2.26. The summed E-state index contributed by atoms with van der Waals surface area (Å²) in [7, 11) is 0. The number of hydrogen-bond acceptors (Lipinski definition) is 2. The van der Waals surface area contributed by atoms with Gasteiger partial charge in [0, 0.05) is 5.56 Å². The highest BCUT2D eigenvalue weighted by atomic mass is 16.3. The second kappa shape index (κ2) is 6.78. The fourth-order valence-electron chi connectivity index (χ4n) is 3.28. The summed E-state index contributed by atoms with van der Waals surface area (Å²) >= 11 is 0. The van der Waals surface area contributed by atoms with Crippen LogP contribution in [0.3, 0.4) is 0 Å². The Labute approximate surface area is 121 Å². The average Bonchev–Trinajstić information content (AvgIpc) is 2.45. The van der Waals surface area contributed by atoms with Crippen LogP contribution < -0.4 is 5.73 Å². The van der Waals surface area contributed by atoms with Gasteiger partial charge in [0.2, 0.25) is 0 Å². The minimum Gasteiger partial charge on any atom is -0.507 e. The molecule has 2 rings (SSSR count). The van der Waals surface area contributed by atoms with Crippen molar-refractivity contribution in [2.75, 3.05) is 0 Å². The van der Waals surface area contributed by atoms with Gasteiger partial charge in [-0.05, 0) is 43.2 Å². The maximum atomic E-state index is 11.4. The first-order chi connectivity index (χ1) is 9.65. The van der Waals surface area contributed by atoms with E-state index in [9.17, 15) is 9.90 Å². The van der Waals surface area contributed by atoms with Crippen LogP contribution in [0.15, 0.2) is 12.1 Å². The standard InChI is InChI=1S/C17H25NO2/c1-2-3-7-13-10-11-14(17(18)20)16(19)15(13)12-8-5-4-6-9-12/h10-12,19H,2-9H2,1H3,(H2,18,20). The fourth-order valence-corrected chi connectivity index (χ4v) is 3.28. The summed E-state index contributed by atoms with van der Waals surface area (Å²) in [5.74, 6) is -0.0190. The summed E-state index contributed by atoms with van der Waals surface area (Å²) in [4.78, 5) is 11.4. The molecule has 1 aromatic carbocycles. The van der Waals surface area contributed by atoms with Crippen LogP contribution in [0.25, 0.3) is 0 Å². The van der Waals surface area contributed by atoms with Gasteiger partial charge in [0.1, 0.15) is 5.75 Å². The van der Waals surface area contributed by atoms with Gasteiger partial charge in [0.25, 0.3) is 5.91 Å². The number of phenols is 1. The molecule has 1 aliphatic carbocycles. The van der Waals surface area contributed by atoms with Crippen molar-refractivity contribution in [1.82, 2.24) is 0 Å². The van der Waals surface area contributed by atoms with E-state index in [0.717, 1.165) is 37.7 Å². The first-order valence-electron chi connectivity index (χ1n) is 7.79. The summed E-state index contributed by atoms with van der Waals surface area (Å²) in [5.41, 5.74) is 7.82. The van der Waals surface area contributed by atoms with Crippen LogP contribution in [0.2, 0.25) is 0 Å². The molecule has 0 aromatic heterocycles. The number of carbonyl (C=O) groups excluding carboxylic acids is 1. The van der Waals surface area contributed by atoms with Crippen LogP contribution in [0.5, 0.6) is 5.75 Å². The summed E-state index contributed by atoms with van der Waals surface area (Å²) in [5, 5.41) is 10.5. The monoisotopic (exact) mass is 275 g/mol. The second-order valence-corrected chi connectivity index (χ2v) is 5.84. The molecular formula is C17H25NO2. The van der Waals surface area contributed by atoms with Gasteiger partial charge in [-0.3, -0.25) is 4.79 Å². The first-order valence-corrected chi connectivity index (χ1v) is 7.79. The van der Waals surface area contributed by atoms with Gasteiger partial charge in [-0.2, -0.15) is 0 Å². The molecule has 3 nitrogen and oxygen atoms in total. The maximum Gasteiger partial charge on any atom is 0.252 e. The molecule has 110 valence electrons. The summed E-state index contributed by atoms with van der Waals surface area (Å²) in [6, 6.07) is 3.66. The predicted molar refractivity (Wildman–Crippen MR) is 81.1 cm³/mol. The van der Waals surface area contributed by atoms with Gasteiger partial charge in [-0.1, -0.05) is 38.7 Å². The molecule has 0 saturated heterocycles. The fraction of sp³-hybridized carbons (Fsp3) is 0.588. The van der Waals surface area contributed by atoms with E-state index >= 15 is 0 Å². The normalized spacial score (nSPS) is 16.2. The molecule has 0 radical (unpaired) electrons. The Balaban J connectivity index is 2.40. The summed E-state index contributed by atoms with van der Waals surface area (Å²) in [6.45, 7) is 2.16. The highest BCUT2D eigenvalue weighted by Gasteiger charge is 2.24. The van der Waals surface area contributed by atoms with Crippen LogP contribution in [0.4, 0.5) is 0 Å². The maximum absolute atomic E-state index is 11.4. The minimum atomic E-state index is -0.540. The highest BCUT2D eigenvalue weighted by Crippen LogP contribution is 2.41. The van der Waals surface area contributed by atoms with Crippen molar-refractivity contribution in [3.63, 3.8) is 0 Å². The molecule has 3 heteroatoms. The molecule has 0 unspecified atom stereocenters. The van der Waals surface area contributed by atoms with E-state index < -0.39 is 5.91 Å². The van der Waals surface area contributed by atoms with Gasteiger partial charge in [0.15, 0.2) is 0 Å². The first kappa shape index (κ1) is 14.9. The van der Waals surface area contributed by atoms with Gasteiger partial charge in [-0.25, -0.2) is 0 Å². The van der Waals surface area contributed by atoms with Crippen molar-refractivity contribution < 1.29 is 9.90 Å². The van der Waals surface area contributed by atoms with E-state index in [1.807, 2.05) is 6.07 Å². The molecule has 3 N–H and O–H groups in total. The largest absolute Gasteiger partial charge is 0.507 e. The molecule has 0 bridgehead atoms. The molecular weight excluding hydrogens is 250 g/mol. The third kappa shape index (κ3) is 3.14. The Hall–Kier alpha value is -1.51. The van der Waals surface area contributed by atoms with Gasteiger partial charge >= 0.3 is 0 Å². The van der Waals surface area contributed by atoms with E-state index in [1.54, 1.807) is 6.07 Å². The second-order valence-electron chi connectivity index (χ2n) is 5.84. The van der Waals surface area contributed by atoms with E-state index in [-0.39, 0.29) is 11.3 Å². The molecule has 1 saturated carbocycles. The quantitative estimate of drug-likeness (QED) is 0.856. The van der Waals surface area contributed by atoms with Crippen LogP contribution in [-0.2, 0) is 6.42 Å². The summed E-state index contributed by atoms with van der Waals surface area (Å²) < 4.78 is 0. The van der Waals surface area contributed by atoms with Crippen molar-refractivity contribution in [2.45, 2.75) is 64.2 Å². The number of carbonyl (C=O) groups is 1. The highest BCUT2D eigenvalue weighted by molar-refractivity contribution is 5.96.